The van der Waals surface area contributed by atoms with Crippen LogP contribution in [0.5, 0.6) is 5.88 Å². The summed E-state index contributed by atoms with van der Waals surface area (Å²) in [6.45, 7) is -0.257. The Morgan fingerprint density at radius 2 is 2.00 bits per heavy atom. The third-order valence-electron chi connectivity index (χ3n) is 4.38. The summed E-state index contributed by atoms with van der Waals surface area (Å²) in [6.07, 6.45) is -0.721. The minimum Gasteiger partial charge on any atom is -0.471 e. The van der Waals surface area contributed by atoms with Crippen LogP contribution in [0.2, 0.25) is 0 Å². The van der Waals surface area contributed by atoms with E-state index >= 15 is 0 Å². The molecule has 12 heteroatoms. The maximum Gasteiger partial charge on any atom is 0.417 e. The van der Waals surface area contributed by atoms with Gasteiger partial charge in [0.15, 0.2) is 0 Å². The minimum absolute atomic E-state index is 0.0275. The van der Waals surface area contributed by atoms with Gasteiger partial charge in [-0.25, -0.2) is 4.98 Å². The molecule has 0 unspecified atom stereocenters. The van der Waals surface area contributed by atoms with Gasteiger partial charge in [0, 0.05) is 31.1 Å². The fourth-order valence-electron chi connectivity index (χ4n) is 2.74. The van der Waals surface area contributed by atoms with Crippen molar-refractivity contribution in [3.63, 3.8) is 0 Å². The first kappa shape index (κ1) is 20.5. The maximum atomic E-state index is 12.7. The molecule has 0 bridgehead atoms. The molecule has 4 rings (SSSR count). The first-order valence-corrected chi connectivity index (χ1v) is 8.92. The van der Waals surface area contributed by atoms with Crippen LogP contribution in [0.25, 0.3) is 22.8 Å². The highest BCUT2D eigenvalue weighted by atomic mass is 19.4. The van der Waals surface area contributed by atoms with Crippen molar-refractivity contribution in [3.8, 4) is 28.7 Å². The van der Waals surface area contributed by atoms with Crippen LogP contribution in [-0.4, -0.2) is 35.0 Å². The lowest BCUT2D eigenvalue weighted by atomic mass is 10.2. The molecule has 0 aliphatic rings. The number of aromatic nitrogens is 6. The van der Waals surface area contributed by atoms with Crippen molar-refractivity contribution < 1.29 is 27.5 Å². The van der Waals surface area contributed by atoms with Gasteiger partial charge < -0.3 is 14.4 Å². The van der Waals surface area contributed by atoms with Gasteiger partial charge >= 0.3 is 6.18 Å². The van der Waals surface area contributed by atoms with Gasteiger partial charge in [-0.2, -0.15) is 23.3 Å². The standard InChI is InChI=1S/C19H15F3N6O3/c1-28-15(10-30-16-3-2-12(7-24-16)19(20,21)22)14(8-25-28)18-26-17(27-31-18)11-4-5-23-13(6-11)9-29/h2-8,29H,9-10H2,1H3. The Morgan fingerprint density at radius 3 is 2.71 bits per heavy atom. The molecule has 0 aliphatic carbocycles. The van der Waals surface area contributed by atoms with E-state index in [1.54, 1.807) is 19.2 Å². The monoisotopic (exact) mass is 432 g/mol. The third kappa shape index (κ3) is 4.38. The van der Waals surface area contributed by atoms with Gasteiger partial charge in [0.05, 0.1) is 35.3 Å². The molecule has 0 atom stereocenters. The van der Waals surface area contributed by atoms with Crippen LogP contribution in [0.4, 0.5) is 13.2 Å². The highest BCUT2D eigenvalue weighted by Gasteiger charge is 2.30. The predicted molar refractivity (Wildman–Crippen MR) is 99.2 cm³/mol. The van der Waals surface area contributed by atoms with Crippen molar-refractivity contribution in [2.45, 2.75) is 19.4 Å². The van der Waals surface area contributed by atoms with Crippen LogP contribution in [0.1, 0.15) is 17.0 Å². The number of alkyl halides is 3. The average molecular weight is 432 g/mol. The quantitative estimate of drug-likeness (QED) is 0.495. The summed E-state index contributed by atoms with van der Waals surface area (Å²) in [4.78, 5) is 12.0. The van der Waals surface area contributed by atoms with Crippen molar-refractivity contribution in [1.82, 2.24) is 29.9 Å². The molecule has 4 aromatic rings. The zero-order valence-corrected chi connectivity index (χ0v) is 16.0. The Bertz CT molecular complexity index is 1190. The molecule has 0 aromatic carbocycles. The van der Waals surface area contributed by atoms with Gasteiger partial charge in [-0.15, -0.1) is 0 Å². The van der Waals surface area contributed by atoms with Crippen molar-refractivity contribution in [1.29, 1.82) is 0 Å². The lowest BCUT2D eigenvalue weighted by Gasteiger charge is -2.09. The third-order valence-corrected chi connectivity index (χ3v) is 4.38. The fourth-order valence-corrected chi connectivity index (χ4v) is 2.74. The van der Waals surface area contributed by atoms with Gasteiger partial charge in [-0.05, 0) is 18.2 Å². The normalized spacial score (nSPS) is 11.6. The van der Waals surface area contributed by atoms with Crippen molar-refractivity contribution in [2.24, 2.45) is 7.05 Å². The summed E-state index contributed by atoms with van der Waals surface area (Å²) in [5.41, 5.74) is 1.28. The Balaban J connectivity index is 1.54. The van der Waals surface area contributed by atoms with Gasteiger partial charge in [-0.3, -0.25) is 9.67 Å². The molecule has 0 amide bonds. The van der Waals surface area contributed by atoms with E-state index in [0.717, 1.165) is 12.1 Å². The molecule has 0 fully saturated rings. The van der Waals surface area contributed by atoms with Crippen LogP contribution < -0.4 is 4.74 Å². The van der Waals surface area contributed by atoms with E-state index in [9.17, 15) is 18.3 Å². The molecule has 1 N–H and O–H groups in total. The zero-order valence-electron chi connectivity index (χ0n) is 16.0. The largest absolute Gasteiger partial charge is 0.471 e. The summed E-state index contributed by atoms with van der Waals surface area (Å²) >= 11 is 0. The molecule has 160 valence electrons. The van der Waals surface area contributed by atoms with Gasteiger partial charge in [0.2, 0.25) is 11.7 Å². The number of halogens is 3. The van der Waals surface area contributed by atoms with Crippen LogP contribution in [-0.2, 0) is 26.4 Å². The summed E-state index contributed by atoms with van der Waals surface area (Å²) in [6, 6.07) is 5.35. The van der Waals surface area contributed by atoms with Crippen LogP contribution in [0.3, 0.4) is 0 Å². The Morgan fingerprint density at radius 1 is 1.16 bits per heavy atom. The predicted octanol–water partition coefficient (Wildman–Crippen LogP) is 3.02. The number of pyridine rings is 2. The van der Waals surface area contributed by atoms with Crippen molar-refractivity contribution >= 4 is 0 Å². The van der Waals surface area contributed by atoms with E-state index in [4.69, 9.17) is 9.26 Å². The Hall–Kier alpha value is -3.80. The SMILES string of the molecule is Cn1ncc(-c2nc(-c3ccnc(CO)c3)no2)c1COc1ccc(C(F)(F)F)cn1. The first-order valence-electron chi connectivity index (χ1n) is 8.92. The second kappa shape index (κ2) is 8.14. The second-order valence-corrected chi connectivity index (χ2v) is 6.42. The zero-order chi connectivity index (χ0) is 22.0. The molecular weight excluding hydrogens is 417 g/mol. The molecule has 0 saturated carbocycles. The highest BCUT2D eigenvalue weighted by molar-refractivity contribution is 5.61. The molecule has 4 aromatic heterocycles. The Labute approximate surface area is 173 Å². The lowest BCUT2D eigenvalue weighted by molar-refractivity contribution is -0.137. The average Bonchev–Trinajstić information content (AvgIpc) is 3.39. The second-order valence-electron chi connectivity index (χ2n) is 6.42. The van der Waals surface area contributed by atoms with E-state index in [1.165, 1.54) is 17.1 Å². The number of nitrogens with zero attached hydrogens (tertiary/aromatic N) is 6. The lowest BCUT2D eigenvalue weighted by Crippen LogP contribution is -2.07. The first-order chi connectivity index (χ1) is 14.8. The molecule has 31 heavy (non-hydrogen) atoms. The molecular formula is C19H15F3N6O3. The van der Waals surface area contributed by atoms with Gasteiger partial charge in [-0.1, -0.05) is 5.16 Å². The van der Waals surface area contributed by atoms with Crippen LogP contribution in [0, 0.1) is 0 Å². The number of aliphatic hydroxyl groups is 1. The van der Waals surface area contributed by atoms with E-state index in [-0.39, 0.29) is 25.0 Å². The topological polar surface area (TPSA) is 112 Å². The van der Waals surface area contributed by atoms with E-state index in [0.29, 0.717) is 34.5 Å². The summed E-state index contributed by atoms with van der Waals surface area (Å²) in [5.74, 6) is 0.511. The number of hydrogen-bond acceptors (Lipinski definition) is 8. The molecule has 0 radical (unpaired) electrons. The summed E-state index contributed by atoms with van der Waals surface area (Å²) in [7, 11) is 1.68. The van der Waals surface area contributed by atoms with Gasteiger partial charge in [0.1, 0.15) is 6.61 Å². The molecule has 0 aliphatic heterocycles. The summed E-state index contributed by atoms with van der Waals surface area (Å²) < 4.78 is 50.4. The minimum atomic E-state index is -4.47. The van der Waals surface area contributed by atoms with Crippen LogP contribution in [0.15, 0.2) is 47.4 Å². The highest BCUT2D eigenvalue weighted by Crippen LogP contribution is 2.30. The number of hydrogen-bond donors (Lipinski definition) is 1. The van der Waals surface area contributed by atoms with E-state index in [1.807, 2.05) is 0 Å². The number of rotatable bonds is 6. The fraction of sp³-hybridized carbons (Fsp3) is 0.211. The Kier molecular flexibility index (Phi) is 5.38. The number of aliphatic hydroxyl groups excluding tert-OH is 1. The molecule has 0 spiro atoms. The van der Waals surface area contributed by atoms with Crippen molar-refractivity contribution in [2.75, 3.05) is 0 Å². The smallest absolute Gasteiger partial charge is 0.417 e. The molecule has 0 saturated heterocycles. The van der Waals surface area contributed by atoms with Crippen LogP contribution >= 0.6 is 0 Å². The molecule has 9 nitrogen and oxygen atoms in total. The van der Waals surface area contributed by atoms with E-state index < -0.39 is 11.7 Å². The number of ether oxygens (including phenoxy) is 1. The van der Waals surface area contributed by atoms with Crippen molar-refractivity contribution in [3.05, 3.63) is 59.8 Å². The van der Waals surface area contributed by atoms with Gasteiger partial charge in [0.25, 0.3) is 5.89 Å². The van der Waals surface area contributed by atoms with E-state index in [2.05, 4.69) is 25.2 Å². The molecule has 4 heterocycles. The summed E-state index contributed by atoms with van der Waals surface area (Å²) in [5, 5.41) is 17.3. The number of aryl methyl sites for hydroxylation is 1. The maximum absolute atomic E-state index is 12.7.